The lowest BCUT2D eigenvalue weighted by Gasteiger charge is -2.34. The van der Waals surface area contributed by atoms with Crippen LogP contribution in [0.1, 0.15) is 54.4 Å². The van der Waals surface area contributed by atoms with Crippen molar-refractivity contribution in [2.24, 2.45) is 5.92 Å². The van der Waals surface area contributed by atoms with Crippen molar-refractivity contribution in [3.8, 4) is 5.75 Å². The molecule has 1 heterocycles. The number of fused-ring (bicyclic) bond motifs is 1. The minimum Gasteiger partial charge on any atom is -0.490 e. The van der Waals surface area contributed by atoms with Gasteiger partial charge in [0.05, 0.1) is 0 Å². The van der Waals surface area contributed by atoms with E-state index in [1.165, 1.54) is 37.7 Å². The topological polar surface area (TPSA) is 26.3 Å². The Labute approximate surface area is 108 Å². The van der Waals surface area contributed by atoms with Gasteiger partial charge in [-0.05, 0) is 55.4 Å². The molecule has 0 aromatic heterocycles. The van der Waals surface area contributed by atoms with Gasteiger partial charge >= 0.3 is 0 Å². The highest BCUT2D eigenvalue weighted by Crippen LogP contribution is 2.36. The predicted octanol–water partition coefficient (Wildman–Crippen LogP) is 3.77. The standard InChI is InChI=1S/C16H20O2/c17-11-12-6-8-16-14(10-12)7-9-15(18-16)13-4-2-1-3-5-13/h6,8,10-11,13,15H,1-5,7,9H2/t15-/m1/s1. The van der Waals surface area contributed by atoms with Crippen LogP contribution in [0.4, 0.5) is 0 Å². The molecule has 0 N–H and O–H groups in total. The van der Waals surface area contributed by atoms with Crippen LogP contribution in [0.2, 0.25) is 0 Å². The van der Waals surface area contributed by atoms with Crippen molar-refractivity contribution in [1.82, 2.24) is 0 Å². The molecule has 2 nitrogen and oxygen atoms in total. The summed E-state index contributed by atoms with van der Waals surface area (Å²) in [5.74, 6) is 1.75. The third kappa shape index (κ3) is 2.29. The van der Waals surface area contributed by atoms with Crippen LogP contribution in [-0.4, -0.2) is 12.4 Å². The molecule has 1 aromatic rings. The molecule has 1 atom stereocenters. The lowest BCUT2D eigenvalue weighted by atomic mass is 9.82. The fourth-order valence-electron chi connectivity index (χ4n) is 3.34. The fraction of sp³-hybridized carbons (Fsp3) is 0.562. The molecule has 0 radical (unpaired) electrons. The Morgan fingerprint density at radius 3 is 2.72 bits per heavy atom. The number of rotatable bonds is 2. The van der Waals surface area contributed by atoms with E-state index in [4.69, 9.17) is 4.74 Å². The van der Waals surface area contributed by atoms with Gasteiger partial charge in [0.2, 0.25) is 0 Å². The number of aryl methyl sites for hydroxylation is 1. The minimum atomic E-state index is 0.403. The second-order valence-corrected chi connectivity index (χ2v) is 5.58. The molecule has 0 spiro atoms. The first-order valence-electron chi connectivity index (χ1n) is 7.11. The van der Waals surface area contributed by atoms with Crippen LogP contribution in [0.3, 0.4) is 0 Å². The number of carbonyl (C=O) groups excluding carboxylic acids is 1. The Bertz CT molecular complexity index is 433. The Balaban J connectivity index is 1.74. The van der Waals surface area contributed by atoms with Crippen LogP contribution < -0.4 is 4.74 Å². The molecule has 3 rings (SSSR count). The Morgan fingerprint density at radius 2 is 1.94 bits per heavy atom. The first-order chi connectivity index (χ1) is 8.86. The third-order valence-electron chi connectivity index (χ3n) is 4.37. The van der Waals surface area contributed by atoms with Crippen molar-refractivity contribution >= 4 is 6.29 Å². The summed E-state index contributed by atoms with van der Waals surface area (Å²) < 4.78 is 6.15. The van der Waals surface area contributed by atoms with Crippen LogP contribution in [-0.2, 0) is 6.42 Å². The first kappa shape index (κ1) is 11.8. The van der Waals surface area contributed by atoms with E-state index in [9.17, 15) is 4.79 Å². The molecular formula is C16H20O2. The monoisotopic (exact) mass is 244 g/mol. The van der Waals surface area contributed by atoms with Crippen molar-refractivity contribution in [3.63, 3.8) is 0 Å². The normalized spacial score (nSPS) is 24.1. The molecule has 1 fully saturated rings. The number of hydrogen-bond donors (Lipinski definition) is 0. The summed E-state index contributed by atoms with van der Waals surface area (Å²) in [5.41, 5.74) is 1.96. The summed E-state index contributed by atoms with van der Waals surface area (Å²) in [4.78, 5) is 10.8. The molecule has 96 valence electrons. The molecule has 18 heavy (non-hydrogen) atoms. The number of ether oxygens (including phenoxy) is 1. The Hall–Kier alpha value is -1.31. The van der Waals surface area contributed by atoms with Crippen molar-refractivity contribution in [1.29, 1.82) is 0 Å². The summed E-state index contributed by atoms with van der Waals surface area (Å²) in [6.07, 6.45) is 10.2. The van der Waals surface area contributed by atoms with Crippen molar-refractivity contribution < 1.29 is 9.53 Å². The van der Waals surface area contributed by atoms with E-state index in [2.05, 4.69) is 0 Å². The number of benzene rings is 1. The Morgan fingerprint density at radius 1 is 1.11 bits per heavy atom. The fourth-order valence-corrected chi connectivity index (χ4v) is 3.34. The van der Waals surface area contributed by atoms with Gasteiger partial charge in [-0.1, -0.05) is 19.3 Å². The number of carbonyl (C=O) groups is 1. The second-order valence-electron chi connectivity index (χ2n) is 5.58. The number of hydrogen-bond acceptors (Lipinski definition) is 2. The smallest absolute Gasteiger partial charge is 0.150 e. The minimum absolute atomic E-state index is 0.403. The van der Waals surface area contributed by atoms with Gasteiger partial charge in [-0.15, -0.1) is 0 Å². The van der Waals surface area contributed by atoms with Gasteiger partial charge in [0, 0.05) is 5.56 Å². The van der Waals surface area contributed by atoms with Crippen molar-refractivity contribution in [3.05, 3.63) is 29.3 Å². The van der Waals surface area contributed by atoms with E-state index in [1.807, 2.05) is 18.2 Å². The van der Waals surface area contributed by atoms with Crippen LogP contribution in [0.15, 0.2) is 18.2 Å². The van der Waals surface area contributed by atoms with Gasteiger partial charge in [0.15, 0.2) is 0 Å². The van der Waals surface area contributed by atoms with Crippen LogP contribution in [0.5, 0.6) is 5.75 Å². The van der Waals surface area contributed by atoms with Gasteiger partial charge < -0.3 is 4.74 Å². The zero-order valence-corrected chi connectivity index (χ0v) is 10.7. The summed E-state index contributed by atoms with van der Waals surface area (Å²) >= 11 is 0. The van der Waals surface area contributed by atoms with E-state index in [1.54, 1.807) is 0 Å². The highest BCUT2D eigenvalue weighted by molar-refractivity contribution is 5.75. The first-order valence-corrected chi connectivity index (χ1v) is 7.11. The quantitative estimate of drug-likeness (QED) is 0.740. The van der Waals surface area contributed by atoms with E-state index in [-0.39, 0.29) is 0 Å². The van der Waals surface area contributed by atoms with Gasteiger partial charge in [-0.3, -0.25) is 4.79 Å². The molecule has 1 aliphatic heterocycles. The molecule has 1 aromatic carbocycles. The van der Waals surface area contributed by atoms with E-state index in [0.717, 1.165) is 36.4 Å². The second kappa shape index (κ2) is 5.13. The highest BCUT2D eigenvalue weighted by atomic mass is 16.5. The third-order valence-corrected chi connectivity index (χ3v) is 4.37. The zero-order valence-electron chi connectivity index (χ0n) is 10.7. The molecule has 0 saturated heterocycles. The highest BCUT2D eigenvalue weighted by Gasteiger charge is 2.28. The van der Waals surface area contributed by atoms with E-state index < -0.39 is 0 Å². The Kier molecular flexibility index (Phi) is 3.35. The number of aldehydes is 1. The molecular weight excluding hydrogens is 224 g/mol. The maximum atomic E-state index is 10.8. The summed E-state index contributed by atoms with van der Waals surface area (Å²) in [5, 5.41) is 0. The maximum Gasteiger partial charge on any atom is 0.150 e. The zero-order chi connectivity index (χ0) is 12.4. The average Bonchev–Trinajstić information content (AvgIpc) is 2.47. The van der Waals surface area contributed by atoms with Crippen molar-refractivity contribution in [2.45, 2.75) is 51.0 Å². The molecule has 0 bridgehead atoms. The lowest BCUT2D eigenvalue weighted by Crippen LogP contribution is -2.32. The molecule has 2 heteroatoms. The summed E-state index contributed by atoms with van der Waals surface area (Å²) in [6, 6.07) is 5.79. The maximum absolute atomic E-state index is 10.8. The van der Waals surface area contributed by atoms with Gasteiger partial charge in [-0.25, -0.2) is 0 Å². The van der Waals surface area contributed by atoms with Gasteiger partial charge in [0.1, 0.15) is 18.1 Å². The van der Waals surface area contributed by atoms with E-state index in [0.29, 0.717) is 6.10 Å². The largest absolute Gasteiger partial charge is 0.490 e. The molecule has 0 unspecified atom stereocenters. The molecule has 1 aliphatic carbocycles. The van der Waals surface area contributed by atoms with Gasteiger partial charge in [-0.2, -0.15) is 0 Å². The predicted molar refractivity (Wildman–Crippen MR) is 71.1 cm³/mol. The molecule has 0 amide bonds. The SMILES string of the molecule is O=Cc1ccc2c(c1)CC[C@H](C1CCCCC1)O2. The molecule has 1 saturated carbocycles. The van der Waals surface area contributed by atoms with Crippen molar-refractivity contribution in [2.75, 3.05) is 0 Å². The summed E-state index contributed by atoms with van der Waals surface area (Å²) in [7, 11) is 0. The van der Waals surface area contributed by atoms with Crippen LogP contribution in [0.25, 0.3) is 0 Å². The van der Waals surface area contributed by atoms with Gasteiger partial charge in [0.25, 0.3) is 0 Å². The van der Waals surface area contributed by atoms with E-state index >= 15 is 0 Å². The molecule has 2 aliphatic rings. The van der Waals surface area contributed by atoms with Crippen LogP contribution in [0, 0.1) is 5.92 Å². The summed E-state index contributed by atoms with van der Waals surface area (Å²) in [6.45, 7) is 0. The van der Waals surface area contributed by atoms with Crippen LogP contribution >= 0.6 is 0 Å². The lowest BCUT2D eigenvalue weighted by molar-refractivity contribution is 0.0879. The average molecular weight is 244 g/mol.